The van der Waals surface area contributed by atoms with E-state index in [0.717, 1.165) is 11.5 Å². The lowest BCUT2D eigenvalue weighted by Gasteiger charge is -2.16. The number of halogens is 3. The fraction of sp³-hybridized carbons (Fsp3) is 0.292. The molecule has 9 nitrogen and oxygen atoms in total. The molecule has 3 N–H and O–H groups in total. The summed E-state index contributed by atoms with van der Waals surface area (Å²) in [5.74, 6) is -10.4. The zero-order valence-corrected chi connectivity index (χ0v) is 21.3. The number of carbonyl (C=O) groups excluding carboxylic acids is 2. The summed E-state index contributed by atoms with van der Waals surface area (Å²) in [6.07, 6.45) is -1.34. The van der Waals surface area contributed by atoms with Crippen LogP contribution >= 0.6 is 23.1 Å². The standard InChI is InChI=1S/C24H21ClF2N4O5S/c1-10-15(29-21(32)17-18(22(33)34)24(17,26)27)8-9-16(28-10)20-19(11(2)31-37-20)30-23(35)36-12(3)13-6-4-5-7-14(13)25/h4-9,12,17-18H,1-3H3,(H,29,32)(H,30,35)(H,33,34)/t12-,17?,18?/m1/s1. The van der Waals surface area contributed by atoms with Crippen LogP contribution in [0.2, 0.25) is 5.02 Å². The van der Waals surface area contributed by atoms with E-state index in [-0.39, 0.29) is 5.69 Å². The molecule has 0 bridgehead atoms. The van der Waals surface area contributed by atoms with Gasteiger partial charge in [0, 0.05) is 10.6 Å². The molecule has 2 amide bonds. The molecule has 194 valence electrons. The summed E-state index contributed by atoms with van der Waals surface area (Å²) in [5, 5.41) is 14.4. The largest absolute Gasteiger partial charge is 0.481 e. The number of aryl methyl sites for hydroxylation is 2. The second-order valence-corrected chi connectivity index (χ2v) is 9.63. The third-order valence-corrected chi connectivity index (χ3v) is 7.20. The van der Waals surface area contributed by atoms with Gasteiger partial charge in [-0.3, -0.25) is 14.9 Å². The summed E-state index contributed by atoms with van der Waals surface area (Å²) in [6, 6.07) is 9.99. The van der Waals surface area contributed by atoms with Crippen LogP contribution in [-0.2, 0) is 14.3 Å². The molecule has 2 heterocycles. The number of rotatable bonds is 7. The first-order chi connectivity index (χ1) is 17.4. The van der Waals surface area contributed by atoms with E-state index in [9.17, 15) is 23.2 Å². The molecular formula is C24H21ClF2N4O5S. The Balaban J connectivity index is 1.48. The molecule has 1 fully saturated rings. The number of carboxylic acid groups (broad SMARTS) is 1. The van der Waals surface area contributed by atoms with Crippen molar-refractivity contribution in [2.24, 2.45) is 11.8 Å². The quantitative estimate of drug-likeness (QED) is 0.344. The predicted molar refractivity (Wildman–Crippen MR) is 133 cm³/mol. The Bertz CT molecular complexity index is 1400. The van der Waals surface area contributed by atoms with Crippen LogP contribution in [0.3, 0.4) is 0 Å². The Morgan fingerprint density at radius 1 is 1.11 bits per heavy atom. The molecular weight excluding hydrogens is 530 g/mol. The summed E-state index contributed by atoms with van der Waals surface area (Å²) >= 11 is 7.25. The number of benzene rings is 1. The topological polar surface area (TPSA) is 131 Å². The van der Waals surface area contributed by atoms with E-state index in [4.69, 9.17) is 21.4 Å². The van der Waals surface area contributed by atoms with E-state index in [1.165, 1.54) is 12.1 Å². The molecule has 37 heavy (non-hydrogen) atoms. The Labute approximate surface area is 219 Å². The highest BCUT2D eigenvalue weighted by Crippen LogP contribution is 2.55. The number of nitrogens with one attached hydrogen (secondary N) is 2. The normalized spacial score (nSPS) is 18.5. The van der Waals surface area contributed by atoms with Crippen LogP contribution in [0.1, 0.15) is 30.0 Å². The lowest BCUT2D eigenvalue weighted by Crippen LogP contribution is -2.19. The number of carboxylic acids is 1. The van der Waals surface area contributed by atoms with Crippen molar-refractivity contribution in [1.82, 2.24) is 9.36 Å². The van der Waals surface area contributed by atoms with Crippen molar-refractivity contribution in [3.8, 4) is 10.6 Å². The average Bonchev–Trinajstić information content (AvgIpc) is 3.25. The third-order valence-electron chi connectivity index (χ3n) is 5.90. The fourth-order valence-electron chi connectivity index (χ4n) is 3.84. The number of nitrogens with zero attached hydrogens (tertiary/aromatic N) is 2. The highest BCUT2D eigenvalue weighted by Gasteiger charge is 2.76. The van der Waals surface area contributed by atoms with Crippen molar-refractivity contribution in [1.29, 1.82) is 0 Å². The molecule has 0 aliphatic heterocycles. The van der Waals surface area contributed by atoms with Crippen molar-refractivity contribution in [3.63, 3.8) is 0 Å². The number of pyridine rings is 1. The van der Waals surface area contributed by atoms with Gasteiger partial charge in [-0.15, -0.1) is 0 Å². The van der Waals surface area contributed by atoms with Crippen LogP contribution in [0.15, 0.2) is 36.4 Å². The summed E-state index contributed by atoms with van der Waals surface area (Å²) < 4.78 is 37.1. The molecule has 3 aromatic rings. The van der Waals surface area contributed by atoms with Gasteiger partial charge in [-0.05, 0) is 50.5 Å². The SMILES string of the molecule is Cc1nc(-c2snc(C)c2NC(=O)O[C@H](C)c2ccccc2Cl)ccc1NC(=O)C1C(C(=O)O)C1(F)F. The molecule has 2 aromatic heterocycles. The Morgan fingerprint density at radius 3 is 2.43 bits per heavy atom. The molecule has 1 saturated carbocycles. The van der Waals surface area contributed by atoms with Gasteiger partial charge in [0.05, 0.1) is 33.3 Å². The number of ether oxygens (including phenoxy) is 1. The molecule has 1 aliphatic rings. The summed E-state index contributed by atoms with van der Waals surface area (Å²) in [7, 11) is 0. The molecule has 0 spiro atoms. The molecule has 0 radical (unpaired) electrons. The molecule has 1 aliphatic carbocycles. The van der Waals surface area contributed by atoms with Crippen LogP contribution in [-0.4, -0.2) is 38.4 Å². The monoisotopic (exact) mass is 550 g/mol. The number of anilines is 2. The summed E-state index contributed by atoms with van der Waals surface area (Å²) in [4.78, 5) is 40.7. The molecule has 2 unspecified atom stereocenters. The second kappa shape index (κ2) is 10.0. The van der Waals surface area contributed by atoms with Gasteiger partial charge < -0.3 is 15.2 Å². The zero-order valence-electron chi connectivity index (χ0n) is 19.7. The van der Waals surface area contributed by atoms with E-state index in [0.29, 0.717) is 38.2 Å². The number of hydrogen-bond donors (Lipinski definition) is 3. The van der Waals surface area contributed by atoms with Gasteiger partial charge in [-0.2, -0.15) is 4.37 Å². The zero-order chi connectivity index (χ0) is 27.1. The average molecular weight is 551 g/mol. The van der Waals surface area contributed by atoms with Crippen molar-refractivity contribution in [2.45, 2.75) is 32.8 Å². The third kappa shape index (κ3) is 5.25. The molecule has 1 aromatic carbocycles. The van der Waals surface area contributed by atoms with Gasteiger partial charge in [-0.25, -0.2) is 18.6 Å². The van der Waals surface area contributed by atoms with Gasteiger partial charge in [-0.1, -0.05) is 29.8 Å². The van der Waals surface area contributed by atoms with Gasteiger partial charge in [0.1, 0.15) is 17.9 Å². The van der Waals surface area contributed by atoms with Crippen molar-refractivity contribution in [3.05, 3.63) is 58.4 Å². The molecule has 0 saturated heterocycles. The maximum absolute atomic E-state index is 13.7. The van der Waals surface area contributed by atoms with Crippen molar-refractivity contribution in [2.75, 3.05) is 10.6 Å². The lowest BCUT2D eigenvalue weighted by atomic mass is 10.1. The van der Waals surface area contributed by atoms with Gasteiger partial charge in [0.15, 0.2) is 0 Å². The summed E-state index contributed by atoms with van der Waals surface area (Å²) in [5.41, 5.74) is 2.42. The number of carbonyl (C=O) groups is 3. The van der Waals surface area contributed by atoms with Crippen molar-refractivity contribution < 1.29 is 33.0 Å². The van der Waals surface area contributed by atoms with Gasteiger partial charge in [0.25, 0.3) is 5.92 Å². The molecule has 3 atom stereocenters. The highest BCUT2D eigenvalue weighted by atomic mass is 35.5. The van der Waals surface area contributed by atoms with Crippen LogP contribution in [0.4, 0.5) is 25.0 Å². The number of aromatic nitrogens is 2. The smallest absolute Gasteiger partial charge is 0.412 e. The molecule has 4 rings (SSSR count). The van der Waals surface area contributed by atoms with E-state index < -0.39 is 41.8 Å². The van der Waals surface area contributed by atoms with Gasteiger partial charge in [0.2, 0.25) is 5.91 Å². The fourth-order valence-corrected chi connectivity index (χ4v) is 4.95. The Kier molecular flexibility index (Phi) is 7.16. The number of hydrogen-bond acceptors (Lipinski definition) is 7. The first-order valence-electron chi connectivity index (χ1n) is 11.0. The van der Waals surface area contributed by atoms with Crippen LogP contribution in [0, 0.1) is 25.7 Å². The Morgan fingerprint density at radius 2 is 1.81 bits per heavy atom. The van der Waals surface area contributed by atoms with Crippen LogP contribution in [0.25, 0.3) is 10.6 Å². The van der Waals surface area contributed by atoms with E-state index >= 15 is 0 Å². The minimum absolute atomic E-state index is 0.157. The minimum atomic E-state index is -3.60. The van der Waals surface area contributed by atoms with Crippen LogP contribution in [0.5, 0.6) is 0 Å². The molecule has 13 heteroatoms. The second-order valence-electron chi connectivity index (χ2n) is 8.45. The maximum atomic E-state index is 13.7. The number of amides is 2. The number of alkyl halides is 2. The number of aliphatic carboxylic acids is 1. The first kappa shape index (κ1) is 26.4. The Hall–Kier alpha value is -3.64. The van der Waals surface area contributed by atoms with E-state index in [2.05, 4.69) is 20.0 Å². The highest BCUT2D eigenvalue weighted by molar-refractivity contribution is 7.10. The predicted octanol–water partition coefficient (Wildman–Crippen LogP) is 5.69. The van der Waals surface area contributed by atoms with E-state index in [1.54, 1.807) is 45.0 Å². The maximum Gasteiger partial charge on any atom is 0.412 e. The first-order valence-corrected chi connectivity index (χ1v) is 12.1. The minimum Gasteiger partial charge on any atom is -0.481 e. The van der Waals surface area contributed by atoms with Gasteiger partial charge >= 0.3 is 12.1 Å². The lowest BCUT2D eigenvalue weighted by molar-refractivity contribution is -0.141. The van der Waals surface area contributed by atoms with E-state index in [1.807, 2.05) is 0 Å². The summed E-state index contributed by atoms with van der Waals surface area (Å²) in [6.45, 7) is 4.94. The van der Waals surface area contributed by atoms with Crippen LogP contribution < -0.4 is 10.6 Å². The van der Waals surface area contributed by atoms with Crippen molar-refractivity contribution >= 4 is 52.5 Å².